The zero-order valence-electron chi connectivity index (χ0n) is 16.1. The highest BCUT2D eigenvalue weighted by Gasteiger charge is 2.16. The van der Waals surface area contributed by atoms with Crippen molar-refractivity contribution in [2.45, 2.75) is 85.0 Å². The predicted molar refractivity (Wildman–Crippen MR) is 105 cm³/mol. The molecule has 0 spiro atoms. The van der Waals surface area contributed by atoms with E-state index < -0.39 is 0 Å². The Morgan fingerprint density at radius 2 is 1.46 bits per heavy atom. The fourth-order valence-corrected chi connectivity index (χ4v) is 2.58. The van der Waals surface area contributed by atoms with Gasteiger partial charge in [-0.15, -0.1) is 0 Å². The summed E-state index contributed by atoms with van der Waals surface area (Å²) in [6.45, 7) is 6.59. The Morgan fingerprint density at radius 1 is 0.833 bits per heavy atom. The van der Waals surface area contributed by atoms with E-state index in [1.807, 2.05) is 6.92 Å². The van der Waals surface area contributed by atoms with Gasteiger partial charge in [0.15, 0.2) is 0 Å². The number of unbranched alkanes of at least 4 members (excludes halogenated alkanes) is 4. The number of carbonyl (C=O) groups excluding carboxylic acids is 1. The van der Waals surface area contributed by atoms with E-state index in [0.717, 1.165) is 38.5 Å². The SMILES string of the molecule is CCC=CCC=CCC=CCCCCCCC(CC)C(=O)OCC. The molecule has 0 fully saturated rings. The van der Waals surface area contributed by atoms with Crippen LogP contribution >= 0.6 is 0 Å². The van der Waals surface area contributed by atoms with Crippen molar-refractivity contribution in [2.24, 2.45) is 5.92 Å². The maximum Gasteiger partial charge on any atom is 0.308 e. The Kier molecular flexibility index (Phi) is 17.1. The van der Waals surface area contributed by atoms with Crippen LogP contribution < -0.4 is 0 Å². The molecule has 0 aromatic carbocycles. The first-order valence-electron chi connectivity index (χ1n) is 9.87. The van der Waals surface area contributed by atoms with E-state index >= 15 is 0 Å². The van der Waals surface area contributed by atoms with E-state index in [9.17, 15) is 4.79 Å². The van der Waals surface area contributed by atoms with Crippen LogP contribution in [0.2, 0.25) is 0 Å². The van der Waals surface area contributed by atoms with Crippen LogP contribution in [0.5, 0.6) is 0 Å². The van der Waals surface area contributed by atoms with Gasteiger partial charge in [-0.25, -0.2) is 0 Å². The molecule has 2 nitrogen and oxygen atoms in total. The first kappa shape index (κ1) is 22.7. The van der Waals surface area contributed by atoms with Crippen molar-refractivity contribution in [3.05, 3.63) is 36.5 Å². The minimum absolute atomic E-state index is 0.0128. The van der Waals surface area contributed by atoms with Crippen molar-refractivity contribution in [3.63, 3.8) is 0 Å². The molecule has 0 radical (unpaired) electrons. The first-order chi connectivity index (χ1) is 11.8. The van der Waals surface area contributed by atoms with Crippen LogP contribution in [-0.2, 0) is 9.53 Å². The number of carbonyl (C=O) groups is 1. The Balaban J connectivity index is 3.51. The molecular formula is C22H38O2. The van der Waals surface area contributed by atoms with Crippen LogP contribution in [-0.4, -0.2) is 12.6 Å². The molecule has 0 N–H and O–H groups in total. The summed E-state index contributed by atoms with van der Waals surface area (Å²) in [6, 6.07) is 0. The summed E-state index contributed by atoms with van der Waals surface area (Å²) in [5.41, 5.74) is 0. The molecule has 0 bridgehead atoms. The standard InChI is InChI=1S/C22H38O2/c1-4-7-8-9-10-11-12-13-14-15-16-17-18-19-20-21(5-2)22(23)24-6-3/h7-8,10-11,13-14,21H,4-6,9,12,15-20H2,1-3H3. The Morgan fingerprint density at radius 3 is 2.08 bits per heavy atom. The quantitative estimate of drug-likeness (QED) is 0.187. The van der Waals surface area contributed by atoms with Gasteiger partial charge in [0.05, 0.1) is 12.5 Å². The molecule has 0 saturated carbocycles. The van der Waals surface area contributed by atoms with E-state index in [-0.39, 0.29) is 11.9 Å². The third kappa shape index (κ3) is 14.3. The molecule has 0 aliphatic rings. The van der Waals surface area contributed by atoms with E-state index in [2.05, 4.69) is 50.3 Å². The molecule has 24 heavy (non-hydrogen) atoms. The molecule has 0 aliphatic heterocycles. The van der Waals surface area contributed by atoms with Gasteiger partial charge in [0.2, 0.25) is 0 Å². The van der Waals surface area contributed by atoms with E-state index in [0.29, 0.717) is 6.61 Å². The second-order valence-corrected chi connectivity index (χ2v) is 6.14. The molecule has 2 heteroatoms. The molecule has 0 amide bonds. The fourth-order valence-electron chi connectivity index (χ4n) is 2.58. The number of rotatable bonds is 15. The highest BCUT2D eigenvalue weighted by molar-refractivity contribution is 5.72. The van der Waals surface area contributed by atoms with Gasteiger partial charge in [-0.05, 0) is 51.9 Å². The number of ether oxygens (including phenoxy) is 1. The zero-order chi connectivity index (χ0) is 17.9. The summed E-state index contributed by atoms with van der Waals surface area (Å²) in [7, 11) is 0. The van der Waals surface area contributed by atoms with Gasteiger partial charge in [0, 0.05) is 0 Å². The molecule has 0 heterocycles. The van der Waals surface area contributed by atoms with E-state index in [1.54, 1.807) is 0 Å². The number of esters is 1. The van der Waals surface area contributed by atoms with Crippen LogP contribution in [0.1, 0.15) is 85.0 Å². The normalized spacial score (nSPS) is 13.3. The maximum atomic E-state index is 11.7. The number of hydrogen-bond donors (Lipinski definition) is 0. The largest absolute Gasteiger partial charge is 0.466 e. The van der Waals surface area contributed by atoms with Crippen LogP contribution in [0.15, 0.2) is 36.5 Å². The van der Waals surface area contributed by atoms with Gasteiger partial charge < -0.3 is 4.74 Å². The highest BCUT2D eigenvalue weighted by Crippen LogP contribution is 2.16. The van der Waals surface area contributed by atoms with Gasteiger partial charge in [0.1, 0.15) is 0 Å². The lowest BCUT2D eigenvalue weighted by Gasteiger charge is -2.12. The van der Waals surface area contributed by atoms with Crippen molar-refractivity contribution < 1.29 is 9.53 Å². The fraction of sp³-hybridized carbons (Fsp3) is 0.682. The van der Waals surface area contributed by atoms with Gasteiger partial charge in [-0.3, -0.25) is 4.79 Å². The lowest BCUT2D eigenvalue weighted by atomic mass is 9.98. The average Bonchev–Trinajstić information content (AvgIpc) is 2.58. The summed E-state index contributed by atoms with van der Waals surface area (Å²) in [5.74, 6) is 0.0879. The van der Waals surface area contributed by atoms with Crippen LogP contribution in [0, 0.1) is 5.92 Å². The average molecular weight is 335 g/mol. The van der Waals surface area contributed by atoms with Gasteiger partial charge in [0.25, 0.3) is 0 Å². The molecule has 0 aliphatic carbocycles. The molecule has 0 saturated heterocycles. The van der Waals surface area contributed by atoms with Crippen molar-refractivity contribution in [1.29, 1.82) is 0 Å². The summed E-state index contributed by atoms with van der Waals surface area (Å²) in [5, 5.41) is 0. The molecule has 0 rings (SSSR count). The van der Waals surface area contributed by atoms with Crippen LogP contribution in [0.4, 0.5) is 0 Å². The molecule has 1 unspecified atom stereocenters. The first-order valence-corrected chi connectivity index (χ1v) is 9.87. The van der Waals surface area contributed by atoms with Gasteiger partial charge in [-0.1, -0.05) is 69.6 Å². The lowest BCUT2D eigenvalue weighted by molar-refractivity contribution is -0.148. The summed E-state index contributed by atoms with van der Waals surface area (Å²) in [4.78, 5) is 11.7. The van der Waals surface area contributed by atoms with E-state index in [1.165, 1.54) is 25.7 Å². The van der Waals surface area contributed by atoms with Crippen LogP contribution in [0.25, 0.3) is 0 Å². The second kappa shape index (κ2) is 18.0. The minimum atomic E-state index is -0.0128. The highest BCUT2D eigenvalue weighted by atomic mass is 16.5. The topological polar surface area (TPSA) is 26.3 Å². The molecule has 0 aromatic rings. The summed E-state index contributed by atoms with van der Waals surface area (Å²) < 4.78 is 5.11. The maximum absolute atomic E-state index is 11.7. The Labute approximate surface area is 150 Å². The predicted octanol–water partition coefficient (Wildman–Crippen LogP) is 6.78. The van der Waals surface area contributed by atoms with Crippen molar-refractivity contribution in [2.75, 3.05) is 6.61 Å². The molecule has 1 atom stereocenters. The third-order valence-electron chi connectivity index (χ3n) is 4.07. The Hall–Kier alpha value is -1.31. The second-order valence-electron chi connectivity index (χ2n) is 6.14. The smallest absolute Gasteiger partial charge is 0.308 e. The van der Waals surface area contributed by atoms with Crippen LogP contribution in [0.3, 0.4) is 0 Å². The number of allylic oxidation sites excluding steroid dienone is 6. The lowest BCUT2D eigenvalue weighted by Crippen LogP contribution is -2.16. The van der Waals surface area contributed by atoms with Crippen molar-refractivity contribution in [3.8, 4) is 0 Å². The molecule has 138 valence electrons. The zero-order valence-corrected chi connectivity index (χ0v) is 16.1. The number of hydrogen-bond acceptors (Lipinski definition) is 2. The summed E-state index contributed by atoms with van der Waals surface area (Å²) >= 11 is 0. The Bertz CT molecular complexity index is 366. The minimum Gasteiger partial charge on any atom is -0.466 e. The molecular weight excluding hydrogens is 296 g/mol. The van der Waals surface area contributed by atoms with Gasteiger partial charge in [-0.2, -0.15) is 0 Å². The molecule has 0 aromatic heterocycles. The van der Waals surface area contributed by atoms with Crippen molar-refractivity contribution >= 4 is 5.97 Å². The monoisotopic (exact) mass is 334 g/mol. The van der Waals surface area contributed by atoms with Gasteiger partial charge >= 0.3 is 5.97 Å². The van der Waals surface area contributed by atoms with E-state index in [4.69, 9.17) is 4.74 Å². The summed E-state index contributed by atoms with van der Waals surface area (Å²) in [6.07, 6.45) is 24.5. The third-order valence-corrected chi connectivity index (χ3v) is 4.07. The van der Waals surface area contributed by atoms with Crippen molar-refractivity contribution in [1.82, 2.24) is 0 Å².